The van der Waals surface area contributed by atoms with E-state index in [0.717, 1.165) is 16.1 Å². The van der Waals surface area contributed by atoms with Crippen molar-refractivity contribution in [1.29, 1.82) is 0 Å². The number of fused-ring (bicyclic) bond motifs is 1. The number of aryl methyl sites for hydroxylation is 1. The van der Waals surface area contributed by atoms with Gasteiger partial charge in [-0.15, -0.1) is 0 Å². The number of nitrogens with zero attached hydrogens (tertiary/aromatic N) is 3. The quantitative estimate of drug-likeness (QED) is 0.696. The van der Waals surface area contributed by atoms with Crippen LogP contribution in [0.5, 0.6) is 0 Å². The molecule has 1 aliphatic rings. The predicted molar refractivity (Wildman–Crippen MR) is 103 cm³/mol. The summed E-state index contributed by atoms with van der Waals surface area (Å²) in [5, 5.41) is 0.658. The van der Waals surface area contributed by atoms with E-state index in [4.69, 9.17) is 11.6 Å². The van der Waals surface area contributed by atoms with Crippen molar-refractivity contribution in [3.8, 4) is 0 Å². The minimum absolute atomic E-state index is 0.0129. The normalized spacial score (nSPS) is 14.3. The number of benzene rings is 2. The van der Waals surface area contributed by atoms with Crippen molar-refractivity contribution < 1.29 is 0 Å². The van der Waals surface area contributed by atoms with Crippen LogP contribution >= 0.6 is 22.9 Å². The van der Waals surface area contributed by atoms with E-state index in [0.29, 0.717) is 22.9 Å². The molecule has 25 heavy (non-hydrogen) atoms. The fourth-order valence-corrected chi connectivity index (χ4v) is 4.01. The van der Waals surface area contributed by atoms with Gasteiger partial charge >= 0.3 is 0 Å². The Balaban J connectivity index is 1.73. The molecule has 4 rings (SSSR count). The maximum absolute atomic E-state index is 12.8. The summed E-state index contributed by atoms with van der Waals surface area (Å²) in [6.45, 7) is 3.13. The van der Waals surface area contributed by atoms with Crippen LogP contribution in [0.25, 0.3) is 6.08 Å². The third kappa shape index (κ3) is 3.25. The van der Waals surface area contributed by atoms with Crippen LogP contribution in [0.2, 0.25) is 5.02 Å². The van der Waals surface area contributed by atoms with Gasteiger partial charge in [0.05, 0.1) is 4.53 Å². The summed E-state index contributed by atoms with van der Waals surface area (Å²) in [5.74, 6) is 0. The van der Waals surface area contributed by atoms with Crippen LogP contribution in [0.3, 0.4) is 0 Å². The number of anilines is 1. The summed E-state index contributed by atoms with van der Waals surface area (Å²) in [6.07, 6.45) is 1.87. The molecule has 1 aliphatic heterocycles. The highest BCUT2D eigenvalue weighted by molar-refractivity contribution is 7.07. The lowest BCUT2D eigenvalue weighted by Crippen LogP contribution is -2.42. The molecule has 0 saturated heterocycles. The Bertz CT molecular complexity index is 1120. The third-order valence-electron chi connectivity index (χ3n) is 4.09. The Morgan fingerprint density at radius 2 is 2.04 bits per heavy atom. The molecule has 3 aromatic rings. The molecule has 6 heteroatoms. The SMILES string of the molecule is Cc1cccc(N2CN=c3sc(=Cc4cccc(Cl)c4)c(=O)n3C2)c1. The molecule has 0 amide bonds. The van der Waals surface area contributed by atoms with Gasteiger partial charge in [0.1, 0.15) is 13.3 Å². The average Bonchev–Trinajstić information content (AvgIpc) is 2.90. The molecule has 0 bridgehead atoms. The summed E-state index contributed by atoms with van der Waals surface area (Å²) in [6, 6.07) is 15.7. The van der Waals surface area contributed by atoms with E-state index in [1.54, 1.807) is 4.57 Å². The van der Waals surface area contributed by atoms with Crippen molar-refractivity contribution >= 4 is 34.7 Å². The molecule has 0 radical (unpaired) electrons. The van der Waals surface area contributed by atoms with Crippen LogP contribution in [0, 0.1) is 6.92 Å². The van der Waals surface area contributed by atoms with E-state index in [-0.39, 0.29) is 5.56 Å². The second kappa shape index (κ2) is 6.50. The largest absolute Gasteiger partial charge is 0.334 e. The van der Waals surface area contributed by atoms with E-state index >= 15 is 0 Å². The van der Waals surface area contributed by atoms with E-state index < -0.39 is 0 Å². The zero-order valence-electron chi connectivity index (χ0n) is 13.6. The highest BCUT2D eigenvalue weighted by Gasteiger charge is 2.15. The van der Waals surface area contributed by atoms with Gasteiger partial charge in [-0.2, -0.15) is 0 Å². The zero-order chi connectivity index (χ0) is 17.4. The van der Waals surface area contributed by atoms with E-state index in [9.17, 15) is 4.79 Å². The van der Waals surface area contributed by atoms with E-state index in [1.807, 2.05) is 42.5 Å². The number of rotatable bonds is 2. The average molecular weight is 370 g/mol. The van der Waals surface area contributed by atoms with Crippen molar-refractivity contribution in [3.05, 3.63) is 84.4 Å². The Kier molecular flexibility index (Phi) is 4.19. The Morgan fingerprint density at radius 1 is 1.20 bits per heavy atom. The smallest absolute Gasteiger partial charge is 0.271 e. The Hall–Kier alpha value is -2.37. The van der Waals surface area contributed by atoms with Gasteiger partial charge in [0.15, 0.2) is 4.80 Å². The molecule has 0 atom stereocenters. The van der Waals surface area contributed by atoms with Crippen LogP contribution in [0.1, 0.15) is 11.1 Å². The predicted octanol–water partition coefficient (Wildman–Crippen LogP) is 2.76. The number of aromatic nitrogens is 1. The lowest BCUT2D eigenvalue weighted by Gasteiger charge is -2.25. The van der Waals surface area contributed by atoms with Crippen LogP contribution in [0.15, 0.2) is 58.3 Å². The number of thiazole rings is 1. The second-order valence-electron chi connectivity index (χ2n) is 6.00. The van der Waals surface area contributed by atoms with Crippen LogP contribution in [-0.4, -0.2) is 11.2 Å². The van der Waals surface area contributed by atoms with Crippen molar-refractivity contribution in [2.75, 3.05) is 11.6 Å². The molecule has 0 saturated carbocycles. The molecule has 1 aromatic heterocycles. The third-order valence-corrected chi connectivity index (χ3v) is 5.37. The topological polar surface area (TPSA) is 37.6 Å². The summed E-state index contributed by atoms with van der Waals surface area (Å²) in [4.78, 5) is 20.2. The summed E-state index contributed by atoms with van der Waals surface area (Å²) >= 11 is 7.45. The van der Waals surface area contributed by atoms with Gasteiger partial charge in [-0.3, -0.25) is 9.36 Å². The molecule has 0 aliphatic carbocycles. The zero-order valence-corrected chi connectivity index (χ0v) is 15.2. The monoisotopic (exact) mass is 369 g/mol. The Morgan fingerprint density at radius 3 is 2.84 bits per heavy atom. The number of halogens is 1. The van der Waals surface area contributed by atoms with Crippen molar-refractivity contribution in [1.82, 2.24) is 4.57 Å². The molecular formula is C19H16ClN3OS. The van der Waals surface area contributed by atoms with Gasteiger partial charge in [-0.25, -0.2) is 4.99 Å². The summed E-state index contributed by atoms with van der Waals surface area (Å²) < 4.78 is 2.40. The minimum Gasteiger partial charge on any atom is -0.334 e. The van der Waals surface area contributed by atoms with Gasteiger partial charge in [0.2, 0.25) is 0 Å². The summed E-state index contributed by atoms with van der Waals surface area (Å²) in [7, 11) is 0. The van der Waals surface area contributed by atoms with Gasteiger partial charge < -0.3 is 4.90 Å². The first-order chi connectivity index (χ1) is 12.1. The highest BCUT2D eigenvalue weighted by Crippen LogP contribution is 2.17. The molecule has 4 nitrogen and oxygen atoms in total. The lowest BCUT2D eigenvalue weighted by molar-refractivity contribution is 0.569. The Labute approximate surface area is 153 Å². The van der Waals surface area contributed by atoms with E-state index in [1.165, 1.54) is 16.9 Å². The maximum atomic E-state index is 12.8. The number of hydrogen-bond acceptors (Lipinski definition) is 4. The van der Waals surface area contributed by atoms with Crippen LogP contribution < -0.4 is 19.8 Å². The summed E-state index contributed by atoms with van der Waals surface area (Å²) in [5.41, 5.74) is 3.17. The van der Waals surface area contributed by atoms with Crippen molar-refractivity contribution in [2.45, 2.75) is 13.6 Å². The second-order valence-corrected chi connectivity index (χ2v) is 7.45. The highest BCUT2D eigenvalue weighted by atomic mass is 35.5. The molecule has 2 aromatic carbocycles. The molecular weight excluding hydrogens is 354 g/mol. The standard InChI is InChI=1S/C19H16ClN3OS/c1-13-4-2-7-16(8-13)22-11-21-19-23(12-22)18(24)17(25-19)10-14-5-3-6-15(20)9-14/h2-10H,11-12H2,1H3. The molecule has 126 valence electrons. The fourth-order valence-electron chi connectivity index (χ4n) is 2.85. The lowest BCUT2D eigenvalue weighted by atomic mass is 10.2. The number of hydrogen-bond donors (Lipinski definition) is 0. The van der Waals surface area contributed by atoms with Crippen molar-refractivity contribution in [3.63, 3.8) is 0 Å². The van der Waals surface area contributed by atoms with Crippen LogP contribution in [-0.2, 0) is 6.67 Å². The molecule has 2 heterocycles. The van der Waals surface area contributed by atoms with Crippen LogP contribution in [0.4, 0.5) is 5.69 Å². The maximum Gasteiger partial charge on any atom is 0.271 e. The fraction of sp³-hybridized carbons (Fsp3) is 0.158. The van der Waals surface area contributed by atoms with Gasteiger partial charge in [-0.1, -0.05) is 47.2 Å². The first-order valence-corrected chi connectivity index (χ1v) is 9.13. The minimum atomic E-state index is -0.0129. The molecule has 0 N–H and O–H groups in total. The van der Waals surface area contributed by atoms with Gasteiger partial charge in [0.25, 0.3) is 5.56 Å². The van der Waals surface area contributed by atoms with Gasteiger partial charge in [-0.05, 0) is 48.4 Å². The first kappa shape index (κ1) is 16.1. The van der Waals surface area contributed by atoms with E-state index in [2.05, 4.69) is 28.9 Å². The van der Waals surface area contributed by atoms with Crippen molar-refractivity contribution in [2.24, 2.45) is 4.99 Å². The van der Waals surface area contributed by atoms with Gasteiger partial charge in [0, 0.05) is 10.7 Å². The molecule has 0 unspecified atom stereocenters. The molecule has 0 spiro atoms. The first-order valence-electron chi connectivity index (χ1n) is 7.93. The molecule has 0 fully saturated rings.